The van der Waals surface area contributed by atoms with E-state index in [0.717, 1.165) is 6.42 Å². The molecule has 0 bridgehead atoms. The van der Waals surface area contributed by atoms with Crippen LogP contribution in [0.2, 0.25) is 0 Å². The van der Waals surface area contributed by atoms with Gasteiger partial charge in [-0.05, 0) is 66.6 Å². The molecule has 0 nitrogen and oxygen atoms in total. The molecule has 0 fully saturated rings. The molecule has 0 saturated heterocycles. The maximum Gasteiger partial charge on any atom is 0.0137 e. The Balaban J connectivity index is 1.53. The number of rotatable bonds is 6. The Kier molecular flexibility index (Phi) is 6.90. The van der Waals surface area contributed by atoms with Crippen LogP contribution in [-0.4, -0.2) is 0 Å². The minimum Gasteiger partial charge on any atom is -0.0991 e. The quantitative estimate of drug-likeness (QED) is 0.215. The Morgan fingerprint density at radius 1 is 0.690 bits per heavy atom. The van der Waals surface area contributed by atoms with Crippen LogP contribution < -0.4 is 10.4 Å². The summed E-state index contributed by atoms with van der Waals surface area (Å²) in [5.41, 5.74) is 9.29. The molecule has 3 unspecified atom stereocenters. The molecule has 0 heteroatoms. The monoisotopic (exact) mass is 538 g/mol. The van der Waals surface area contributed by atoms with Crippen molar-refractivity contribution in [2.75, 3.05) is 0 Å². The number of allylic oxidation sites excluding steroid dienone is 12. The molecule has 7 rings (SSSR count). The van der Waals surface area contributed by atoms with E-state index in [4.69, 9.17) is 0 Å². The highest BCUT2D eigenvalue weighted by Gasteiger charge is 2.34. The van der Waals surface area contributed by atoms with Gasteiger partial charge in [0.15, 0.2) is 0 Å². The fourth-order valence-electron chi connectivity index (χ4n) is 7.14. The van der Waals surface area contributed by atoms with Gasteiger partial charge in [0, 0.05) is 17.8 Å². The van der Waals surface area contributed by atoms with Gasteiger partial charge in [-0.3, -0.25) is 0 Å². The van der Waals surface area contributed by atoms with Gasteiger partial charge < -0.3 is 0 Å². The van der Waals surface area contributed by atoms with E-state index in [1.165, 1.54) is 60.2 Å². The van der Waals surface area contributed by atoms with Gasteiger partial charge in [-0.1, -0.05) is 165 Å². The summed E-state index contributed by atoms with van der Waals surface area (Å²) in [6.07, 6.45) is 21.1. The highest BCUT2D eigenvalue weighted by molar-refractivity contribution is 5.96. The Bertz CT molecular complexity index is 1980. The van der Waals surface area contributed by atoms with E-state index in [1.807, 2.05) is 12.2 Å². The van der Waals surface area contributed by atoms with Gasteiger partial charge in [-0.25, -0.2) is 0 Å². The first-order chi connectivity index (χ1) is 20.8. The summed E-state index contributed by atoms with van der Waals surface area (Å²) in [5, 5.41) is 5.27. The summed E-state index contributed by atoms with van der Waals surface area (Å²) in [5.74, 6) is 0.718. The third-order valence-electron chi connectivity index (χ3n) is 8.97. The van der Waals surface area contributed by atoms with E-state index < -0.39 is 0 Å². The summed E-state index contributed by atoms with van der Waals surface area (Å²) in [6.45, 7) is 8.15. The first kappa shape index (κ1) is 26.0. The zero-order valence-electron chi connectivity index (χ0n) is 23.8. The van der Waals surface area contributed by atoms with Gasteiger partial charge in [0.1, 0.15) is 0 Å². The first-order valence-corrected chi connectivity index (χ1v) is 14.9. The molecule has 4 aromatic rings. The fourth-order valence-corrected chi connectivity index (χ4v) is 7.14. The Hall–Kier alpha value is -4.94. The zero-order chi connectivity index (χ0) is 28.5. The van der Waals surface area contributed by atoms with Crippen molar-refractivity contribution < 1.29 is 0 Å². The van der Waals surface area contributed by atoms with Gasteiger partial charge in [-0.15, -0.1) is 0 Å². The van der Waals surface area contributed by atoms with Crippen molar-refractivity contribution >= 4 is 27.5 Å². The number of hydrogen-bond acceptors (Lipinski definition) is 0. The minimum absolute atomic E-state index is 0.223. The maximum atomic E-state index is 4.16. The van der Waals surface area contributed by atoms with Gasteiger partial charge >= 0.3 is 0 Å². The molecule has 0 spiro atoms. The van der Waals surface area contributed by atoms with Crippen molar-refractivity contribution in [3.8, 4) is 0 Å². The third-order valence-corrected chi connectivity index (χ3v) is 8.97. The Labute approximate surface area is 248 Å². The lowest BCUT2D eigenvalue weighted by Crippen LogP contribution is -2.40. The third kappa shape index (κ3) is 4.50. The number of benzene rings is 4. The fraction of sp³-hybridized carbons (Fsp3) is 0.0952. The molecule has 0 radical (unpaired) electrons. The van der Waals surface area contributed by atoms with E-state index in [-0.39, 0.29) is 17.8 Å². The average Bonchev–Trinajstić information content (AvgIpc) is 3.06. The standard InChI is InChI=1S/C42H34/c1-3-15-29(4-2)32-26-33(30-16-6-5-7-17-30)28-34(27-32)41-37-21-10-12-23-39(37)42(40-24-13-11-22-38(40)41)36-25-14-19-31-18-8-9-20-35(31)36/h3-26,28,32,37,39H,1-2,27H2/b29-15+. The first-order valence-electron chi connectivity index (χ1n) is 14.9. The largest absolute Gasteiger partial charge is 0.0991 e. The number of fused-ring (bicyclic) bond motifs is 3. The van der Waals surface area contributed by atoms with Gasteiger partial charge in [0.05, 0.1) is 0 Å². The second kappa shape index (κ2) is 11.1. The molecule has 202 valence electrons. The topological polar surface area (TPSA) is 0 Å². The second-order valence-corrected chi connectivity index (χ2v) is 11.3. The molecular formula is C42H34. The molecule has 3 aliphatic rings. The molecule has 3 aliphatic carbocycles. The van der Waals surface area contributed by atoms with Crippen LogP contribution in [0.25, 0.3) is 27.5 Å². The summed E-state index contributed by atoms with van der Waals surface area (Å²) < 4.78 is 0. The molecule has 0 heterocycles. The van der Waals surface area contributed by atoms with Crippen LogP contribution in [-0.2, 0) is 0 Å². The van der Waals surface area contributed by atoms with E-state index in [1.54, 1.807) is 0 Å². The van der Waals surface area contributed by atoms with Gasteiger partial charge in [-0.2, -0.15) is 0 Å². The highest BCUT2D eigenvalue weighted by atomic mass is 14.4. The molecule has 0 aliphatic heterocycles. The van der Waals surface area contributed by atoms with Crippen LogP contribution in [0.5, 0.6) is 0 Å². The number of hydrogen-bond donors (Lipinski definition) is 0. The van der Waals surface area contributed by atoms with E-state index in [0.29, 0.717) is 0 Å². The predicted molar refractivity (Wildman–Crippen MR) is 180 cm³/mol. The molecule has 4 aromatic carbocycles. The van der Waals surface area contributed by atoms with Crippen molar-refractivity contribution in [1.82, 2.24) is 0 Å². The second-order valence-electron chi connectivity index (χ2n) is 11.3. The van der Waals surface area contributed by atoms with Crippen LogP contribution >= 0.6 is 0 Å². The van der Waals surface area contributed by atoms with E-state index in [2.05, 4.69) is 153 Å². The summed E-state index contributed by atoms with van der Waals surface area (Å²) in [6, 6.07) is 35.3. The molecule has 42 heavy (non-hydrogen) atoms. The lowest BCUT2D eigenvalue weighted by molar-refractivity contribution is 0.670. The highest BCUT2D eigenvalue weighted by Crippen LogP contribution is 2.45. The molecule has 3 atom stereocenters. The molecule has 0 saturated carbocycles. The minimum atomic E-state index is 0.223. The van der Waals surface area contributed by atoms with E-state index in [9.17, 15) is 0 Å². The van der Waals surface area contributed by atoms with Crippen LogP contribution in [0.15, 0.2) is 176 Å². The molecular weight excluding hydrogens is 504 g/mol. The van der Waals surface area contributed by atoms with Crippen LogP contribution in [0.1, 0.15) is 17.5 Å². The van der Waals surface area contributed by atoms with Crippen molar-refractivity contribution in [1.29, 1.82) is 0 Å². The summed E-state index contributed by atoms with van der Waals surface area (Å²) in [4.78, 5) is 0. The Morgan fingerprint density at radius 2 is 1.36 bits per heavy atom. The maximum absolute atomic E-state index is 4.16. The smallest absolute Gasteiger partial charge is 0.0137 e. The van der Waals surface area contributed by atoms with Crippen LogP contribution in [0.4, 0.5) is 0 Å². The van der Waals surface area contributed by atoms with Crippen molar-refractivity contribution in [3.63, 3.8) is 0 Å². The average molecular weight is 539 g/mol. The van der Waals surface area contributed by atoms with Gasteiger partial charge in [0.25, 0.3) is 0 Å². The summed E-state index contributed by atoms with van der Waals surface area (Å²) in [7, 11) is 0. The van der Waals surface area contributed by atoms with Crippen molar-refractivity contribution in [2.24, 2.45) is 17.8 Å². The zero-order valence-corrected chi connectivity index (χ0v) is 23.8. The molecule has 0 N–H and O–H groups in total. The normalized spacial score (nSPS) is 21.3. The van der Waals surface area contributed by atoms with E-state index >= 15 is 0 Å². The van der Waals surface area contributed by atoms with Crippen molar-refractivity contribution in [3.05, 3.63) is 198 Å². The lowest BCUT2D eigenvalue weighted by atomic mass is 9.67. The summed E-state index contributed by atoms with van der Waals surface area (Å²) >= 11 is 0. The predicted octanol–water partition coefficient (Wildman–Crippen LogP) is 8.89. The molecule has 0 aromatic heterocycles. The van der Waals surface area contributed by atoms with Crippen LogP contribution in [0.3, 0.4) is 0 Å². The van der Waals surface area contributed by atoms with Crippen LogP contribution in [0, 0.1) is 17.8 Å². The lowest BCUT2D eigenvalue weighted by Gasteiger charge is -2.36. The van der Waals surface area contributed by atoms with Gasteiger partial charge in [0.2, 0.25) is 0 Å². The molecule has 0 amide bonds. The SMILES string of the molecule is C=C/C=C(\C=C)C1C=C(c2ccccc2)C=C(C2=c3ccccc3=C(c3cccc4ccccc34)C3C=CC=CC23)C1. The van der Waals surface area contributed by atoms with Crippen molar-refractivity contribution in [2.45, 2.75) is 6.42 Å². The Morgan fingerprint density at radius 3 is 2.12 bits per heavy atom.